The van der Waals surface area contributed by atoms with Crippen LogP contribution >= 0.6 is 0 Å². The van der Waals surface area contributed by atoms with Crippen LogP contribution in [0.5, 0.6) is 5.75 Å². The lowest BCUT2D eigenvalue weighted by molar-refractivity contribution is -0.138. The van der Waals surface area contributed by atoms with Gasteiger partial charge in [0.25, 0.3) is 0 Å². The van der Waals surface area contributed by atoms with E-state index in [1.165, 1.54) is 5.56 Å². The smallest absolute Gasteiger partial charge is 0.230 e. The van der Waals surface area contributed by atoms with Crippen molar-refractivity contribution in [3.63, 3.8) is 0 Å². The van der Waals surface area contributed by atoms with Crippen molar-refractivity contribution in [3.05, 3.63) is 29.8 Å². The van der Waals surface area contributed by atoms with Gasteiger partial charge >= 0.3 is 0 Å². The van der Waals surface area contributed by atoms with Crippen LogP contribution in [0.25, 0.3) is 0 Å². The Morgan fingerprint density at radius 2 is 1.81 bits per heavy atom. The molecule has 0 heterocycles. The number of rotatable bonds is 7. The number of aliphatic imine (C=N–C) groups is 1. The van der Waals surface area contributed by atoms with Gasteiger partial charge in [-0.1, -0.05) is 25.0 Å². The molecule has 0 saturated heterocycles. The molecule has 0 spiro atoms. The predicted octanol–water partition coefficient (Wildman–Crippen LogP) is 2.74. The van der Waals surface area contributed by atoms with Crippen molar-refractivity contribution in [3.8, 4) is 5.75 Å². The van der Waals surface area contributed by atoms with Gasteiger partial charge in [-0.15, -0.1) is 0 Å². The summed E-state index contributed by atoms with van der Waals surface area (Å²) in [7, 11) is 7.48. The second-order valence-corrected chi connectivity index (χ2v) is 7.52. The Hall–Kier alpha value is -2.24. The van der Waals surface area contributed by atoms with Crippen LogP contribution in [-0.4, -0.2) is 63.0 Å². The number of hydrogen-bond donors (Lipinski definition) is 1. The molecule has 0 aromatic heterocycles. The lowest BCUT2D eigenvalue weighted by atomic mass is 9.84. The molecule has 27 heavy (non-hydrogen) atoms. The SMILES string of the molecule is CCOc1ccc(CN(C)C(=NC)NCC2(C(=O)N(C)C)CCCC2)cc1. The first-order chi connectivity index (χ1) is 12.9. The van der Waals surface area contributed by atoms with Crippen molar-refractivity contribution >= 4 is 11.9 Å². The molecule has 1 aromatic rings. The number of nitrogens with zero attached hydrogens (tertiary/aromatic N) is 3. The number of ether oxygens (including phenoxy) is 1. The fourth-order valence-electron chi connectivity index (χ4n) is 3.83. The number of nitrogens with one attached hydrogen (secondary N) is 1. The highest BCUT2D eigenvalue weighted by Crippen LogP contribution is 2.38. The van der Waals surface area contributed by atoms with Gasteiger partial charge in [0.1, 0.15) is 5.75 Å². The van der Waals surface area contributed by atoms with E-state index in [1.807, 2.05) is 40.2 Å². The van der Waals surface area contributed by atoms with Crippen molar-refractivity contribution in [2.45, 2.75) is 39.2 Å². The minimum atomic E-state index is -0.306. The van der Waals surface area contributed by atoms with Crippen molar-refractivity contribution < 1.29 is 9.53 Å². The lowest BCUT2D eigenvalue weighted by Crippen LogP contribution is -2.49. The monoisotopic (exact) mass is 374 g/mol. The normalized spacial score (nSPS) is 16.1. The average molecular weight is 375 g/mol. The largest absolute Gasteiger partial charge is 0.494 e. The van der Waals surface area contributed by atoms with Crippen molar-refractivity contribution in [2.24, 2.45) is 10.4 Å². The van der Waals surface area contributed by atoms with Gasteiger partial charge in [0.15, 0.2) is 5.96 Å². The summed E-state index contributed by atoms with van der Waals surface area (Å²) in [5.74, 6) is 1.91. The van der Waals surface area contributed by atoms with E-state index in [-0.39, 0.29) is 11.3 Å². The maximum absolute atomic E-state index is 12.7. The van der Waals surface area contributed by atoms with E-state index in [4.69, 9.17) is 4.74 Å². The molecule has 1 fully saturated rings. The topological polar surface area (TPSA) is 57.2 Å². The Bertz CT molecular complexity index is 634. The van der Waals surface area contributed by atoms with E-state index in [2.05, 4.69) is 27.3 Å². The highest BCUT2D eigenvalue weighted by atomic mass is 16.5. The molecule has 0 aliphatic heterocycles. The molecule has 6 heteroatoms. The summed E-state index contributed by atoms with van der Waals surface area (Å²) in [6, 6.07) is 8.13. The zero-order chi connectivity index (χ0) is 19.9. The minimum absolute atomic E-state index is 0.220. The van der Waals surface area contributed by atoms with Crippen molar-refractivity contribution in [1.29, 1.82) is 0 Å². The first kappa shape index (κ1) is 21.1. The fourth-order valence-corrected chi connectivity index (χ4v) is 3.83. The predicted molar refractivity (Wildman–Crippen MR) is 110 cm³/mol. The molecular formula is C21H34N4O2. The van der Waals surface area contributed by atoms with Crippen LogP contribution in [0, 0.1) is 5.41 Å². The van der Waals surface area contributed by atoms with E-state index in [0.29, 0.717) is 13.2 Å². The highest BCUT2D eigenvalue weighted by molar-refractivity contribution is 5.85. The van der Waals surface area contributed by atoms with Crippen molar-refractivity contribution in [1.82, 2.24) is 15.1 Å². The number of hydrogen-bond acceptors (Lipinski definition) is 3. The summed E-state index contributed by atoms with van der Waals surface area (Å²) in [5, 5.41) is 3.44. The van der Waals surface area contributed by atoms with Gasteiger partial charge in [-0.05, 0) is 37.5 Å². The molecule has 0 bridgehead atoms. The van der Waals surface area contributed by atoms with Gasteiger partial charge in [-0.2, -0.15) is 0 Å². The van der Waals surface area contributed by atoms with E-state index in [0.717, 1.165) is 43.9 Å². The number of benzene rings is 1. The summed E-state index contributed by atoms with van der Waals surface area (Å²) in [4.78, 5) is 20.9. The average Bonchev–Trinajstić information content (AvgIpc) is 3.13. The molecule has 0 radical (unpaired) electrons. The molecular weight excluding hydrogens is 340 g/mol. The van der Waals surface area contributed by atoms with E-state index in [1.54, 1.807) is 11.9 Å². The summed E-state index contributed by atoms with van der Waals surface area (Å²) in [5.41, 5.74) is 0.878. The van der Waals surface area contributed by atoms with Gasteiger partial charge in [0.2, 0.25) is 5.91 Å². The highest BCUT2D eigenvalue weighted by Gasteiger charge is 2.42. The van der Waals surface area contributed by atoms with Crippen LogP contribution in [0.2, 0.25) is 0 Å². The Kier molecular flexibility index (Phi) is 7.51. The van der Waals surface area contributed by atoms with Gasteiger partial charge in [0, 0.05) is 41.3 Å². The Morgan fingerprint density at radius 3 is 2.33 bits per heavy atom. The zero-order valence-corrected chi connectivity index (χ0v) is 17.4. The summed E-state index contributed by atoms with van der Waals surface area (Å²) in [6.07, 6.45) is 4.11. The molecule has 1 aliphatic rings. The van der Waals surface area contributed by atoms with E-state index < -0.39 is 0 Å². The number of amides is 1. The van der Waals surface area contributed by atoms with Gasteiger partial charge < -0.3 is 19.9 Å². The summed E-state index contributed by atoms with van der Waals surface area (Å²) in [6.45, 7) is 4.02. The van der Waals surface area contributed by atoms with Crippen LogP contribution in [0.15, 0.2) is 29.3 Å². The van der Waals surface area contributed by atoms with Crippen LogP contribution in [0.1, 0.15) is 38.2 Å². The Balaban J connectivity index is 1.98. The van der Waals surface area contributed by atoms with Crippen LogP contribution in [0.4, 0.5) is 0 Å². The zero-order valence-electron chi connectivity index (χ0n) is 17.4. The second-order valence-electron chi connectivity index (χ2n) is 7.52. The van der Waals surface area contributed by atoms with Crippen LogP contribution in [-0.2, 0) is 11.3 Å². The summed E-state index contributed by atoms with van der Waals surface area (Å²) >= 11 is 0. The lowest BCUT2D eigenvalue weighted by Gasteiger charge is -2.32. The van der Waals surface area contributed by atoms with Crippen LogP contribution < -0.4 is 10.1 Å². The third-order valence-corrected chi connectivity index (χ3v) is 5.23. The first-order valence-electron chi connectivity index (χ1n) is 9.77. The Labute approximate surface area is 163 Å². The molecule has 1 amide bonds. The van der Waals surface area contributed by atoms with E-state index in [9.17, 15) is 4.79 Å². The van der Waals surface area contributed by atoms with Crippen LogP contribution in [0.3, 0.4) is 0 Å². The molecule has 1 N–H and O–H groups in total. The third-order valence-electron chi connectivity index (χ3n) is 5.23. The standard InChI is InChI=1S/C21H34N4O2/c1-6-27-18-11-9-17(10-12-18)15-25(5)20(22-2)23-16-21(13-7-8-14-21)19(26)24(3)4/h9-12H,6-8,13-16H2,1-5H3,(H,22,23). The molecule has 0 unspecified atom stereocenters. The number of guanidine groups is 1. The maximum Gasteiger partial charge on any atom is 0.230 e. The third kappa shape index (κ3) is 5.37. The van der Waals surface area contributed by atoms with Crippen molar-refractivity contribution in [2.75, 3.05) is 41.3 Å². The number of carbonyl (C=O) groups excluding carboxylic acids is 1. The Morgan fingerprint density at radius 1 is 1.19 bits per heavy atom. The molecule has 150 valence electrons. The fraction of sp³-hybridized carbons (Fsp3) is 0.619. The maximum atomic E-state index is 12.7. The van der Waals surface area contributed by atoms with E-state index >= 15 is 0 Å². The number of carbonyl (C=O) groups is 1. The molecule has 0 atom stereocenters. The first-order valence-corrected chi connectivity index (χ1v) is 9.77. The molecule has 6 nitrogen and oxygen atoms in total. The molecule has 1 saturated carbocycles. The summed E-state index contributed by atoms with van der Waals surface area (Å²) < 4.78 is 5.50. The van der Waals surface area contributed by atoms with Gasteiger partial charge in [-0.3, -0.25) is 9.79 Å². The molecule has 1 aromatic carbocycles. The minimum Gasteiger partial charge on any atom is -0.494 e. The molecule has 1 aliphatic carbocycles. The quantitative estimate of drug-likeness (QED) is 0.589. The molecule has 2 rings (SSSR count). The van der Waals surface area contributed by atoms with Gasteiger partial charge in [0.05, 0.1) is 12.0 Å². The van der Waals surface area contributed by atoms with Gasteiger partial charge in [-0.25, -0.2) is 0 Å². The second kappa shape index (κ2) is 9.62.